The Morgan fingerprint density at radius 3 is 1.51 bits per heavy atom. The van der Waals surface area contributed by atoms with Crippen molar-refractivity contribution in [1.29, 1.82) is 0 Å². The molecule has 3 saturated heterocycles. The maximum absolute atomic E-state index is 11.9. The highest BCUT2D eigenvalue weighted by Gasteiger charge is 2.52. The number of amides is 3. The molecule has 3 aliphatic rings. The predicted octanol–water partition coefficient (Wildman–Crippen LogP) is -7.14. The van der Waals surface area contributed by atoms with E-state index in [0.717, 1.165) is 20.8 Å². The normalized spacial score (nSPS) is 43.5. The average molecular weight is 628 g/mol. The highest BCUT2D eigenvalue weighted by Crippen LogP contribution is 2.30. The van der Waals surface area contributed by atoms with Gasteiger partial charge in [-0.1, -0.05) is 0 Å². The van der Waals surface area contributed by atoms with E-state index in [1.54, 1.807) is 0 Å². The van der Waals surface area contributed by atoms with Gasteiger partial charge in [0.2, 0.25) is 17.7 Å². The Kier molecular flexibility index (Phi) is 12.5. The minimum Gasteiger partial charge on any atom is -0.394 e. The molecule has 19 heteroatoms. The maximum Gasteiger partial charge on any atom is 0.217 e. The summed E-state index contributed by atoms with van der Waals surface area (Å²) in [5, 5.41) is 89.8. The van der Waals surface area contributed by atoms with E-state index in [1.165, 1.54) is 0 Å². The number of nitrogens with one attached hydrogen (secondary N) is 3. The van der Waals surface area contributed by atoms with Crippen LogP contribution in [0, 0.1) is 0 Å². The van der Waals surface area contributed by atoms with Gasteiger partial charge >= 0.3 is 0 Å². The van der Waals surface area contributed by atoms with Crippen molar-refractivity contribution in [2.45, 2.75) is 113 Å². The lowest BCUT2D eigenvalue weighted by Gasteiger charge is -2.48. The number of carbonyl (C=O) groups is 3. The van der Waals surface area contributed by atoms with E-state index in [0.29, 0.717) is 0 Å². The van der Waals surface area contributed by atoms with Gasteiger partial charge in [0, 0.05) is 20.8 Å². The molecule has 19 nitrogen and oxygen atoms in total. The minimum atomic E-state index is -1.84. The fraction of sp³-hybridized carbons (Fsp3) is 0.875. The van der Waals surface area contributed by atoms with Crippen LogP contribution in [0.2, 0.25) is 0 Å². The standard InChI is InChI=1S/C24H41N3O16/c1-7(30)25-13-19(36)16(33)10(4-28)41-23(13)39-6-12-18(35)21(15(22(38)40-12)27-9(3)32)43-24-14(26-8(2)31)20(37)17(34)11(5-29)42-24/h10-24,28-29,33-38H,4-6H2,1-3H3,(H,25,30)(H,26,31)(H,27,32)/t10-,11-,12-,13-,14-,15-,16-,17-,18+,19-,20-,21-,22+,23?,24?/m1/s1. The third-order valence-electron chi connectivity index (χ3n) is 7.28. The highest BCUT2D eigenvalue weighted by atomic mass is 16.7. The molecule has 3 rings (SSSR count). The van der Waals surface area contributed by atoms with Crippen LogP contribution in [0.15, 0.2) is 0 Å². The van der Waals surface area contributed by atoms with Gasteiger partial charge in [0.1, 0.15) is 73.1 Å². The maximum atomic E-state index is 11.9. The molecule has 3 fully saturated rings. The highest BCUT2D eigenvalue weighted by molar-refractivity contribution is 5.74. The Hall–Kier alpha value is -2.11. The van der Waals surface area contributed by atoms with Crippen LogP contribution in [-0.4, -0.2) is 170 Å². The van der Waals surface area contributed by atoms with Gasteiger partial charge in [-0.15, -0.1) is 0 Å². The van der Waals surface area contributed by atoms with E-state index < -0.39 is 129 Å². The van der Waals surface area contributed by atoms with Crippen LogP contribution in [0.5, 0.6) is 0 Å². The predicted molar refractivity (Wildman–Crippen MR) is 136 cm³/mol. The molecule has 3 aliphatic heterocycles. The molecule has 248 valence electrons. The van der Waals surface area contributed by atoms with Crippen molar-refractivity contribution in [2.24, 2.45) is 0 Å². The Bertz CT molecular complexity index is 962. The van der Waals surface area contributed by atoms with Crippen molar-refractivity contribution >= 4 is 17.7 Å². The molecular formula is C24H41N3O16. The molecule has 15 atom stereocenters. The van der Waals surface area contributed by atoms with Crippen molar-refractivity contribution in [3.63, 3.8) is 0 Å². The first-order valence-electron chi connectivity index (χ1n) is 13.5. The smallest absolute Gasteiger partial charge is 0.217 e. The number of hydrogen-bond donors (Lipinski definition) is 11. The molecule has 0 bridgehead atoms. The Balaban J connectivity index is 1.84. The number of aliphatic hydroxyl groups is 8. The SMILES string of the molecule is CC(=O)N[C@@H]1[C@@H](OC2O[C@H](CO)[C@@H](O)[C@H](O)[C@H]2NC(C)=O)[C@@H](O)[C@@H](COC2O[C@H](CO)[C@@H](O)[C@H](O)[C@H]2NC(C)=O)O[C@@H]1O. The van der Waals surface area contributed by atoms with Crippen molar-refractivity contribution in [2.75, 3.05) is 19.8 Å². The minimum absolute atomic E-state index is 0.603. The number of hydrogen-bond acceptors (Lipinski definition) is 16. The van der Waals surface area contributed by atoms with E-state index in [9.17, 15) is 55.2 Å². The van der Waals surface area contributed by atoms with Crippen LogP contribution in [0.4, 0.5) is 0 Å². The van der Waals surface area contributed by atoms with Gasteiger partial charge in [0.15, 0.2) is 18.9 Å². The molecule has 0 aliphatic carbocycles. The fourth-order valence-corrected chi connectivity index (χ4v) is 5.17. The Labute approximate surface area is 245 Å². The zero-order valence-corrected chi connectivity index (χ0v) is 23.6. The largest absolute Gasteiger partial charge is 0.394 e. The Morgan fingerprint density at radius 2 is 1.05 bits per heavy atom. The van der Waals surface area contributed by atoms with Crippen LogP contribution in [0.1, 0.15) is 20.8 Å². The summed E-state index contributed by atoms with van der Waals surface area (Å²) in [7, 11) is 0. The quantitative estimate of drug-likeness (QED) is 0.107. The summed E-state index contributed by atoms with van der Waals surface area (Å²) >= 11 is 0. The lowest BCUT2D eigenvalue weighted by Crippen LogP contribution is -2.69. The van der Waals surface area contributed by atoms with Crippen LogP contribution in [-0.2, 0) is 38.1 Å². The Morgan fingerprint density at radius 1 is 0.605 bits per heavy atom. The van der Waals surface area contributed by atoms with Crippen molar-refractivity contribution in [3.8, 4) is 0 Å². The molecule has 0 aromatic rings. The van der Waals surface area contributed by atoms with E-state index in [1.807, 2.05) is 0 Å². The summed E-state index contributed by atoms with van der Waals surface area (Å²) in [6.07, 6.45) is -18.9. The topological polar surface area (TPSA) is 295 Å². The lowest BCUT2D eigenvalue weighted by atomic mass is 9.94. The molecule has 3 heterocycles. The summed E-state index contributed by atoms with van der Waals surface area (Å²) < 4.78 is 28.0. The van der Waals surface area contributed by atoms with Gasteiger partial charge in [0.25, 0.3) is 0 Å². The van der Waals surface area contributed by atoms with Crippen molar-refractivity contribution in [3.05, 3.63) is 0 Å². The molecule has 43 heavy (non-hydrogen) atoms. The lowest BCUT2D eigenvalue weighted by molar-refractivity contribution is -0.331. The van der Waals surface area contributed by atoms with Crippen molar-refractivity contribution < 1.29 is 78.9 Å². The zero-order chi connectivity index (χ0) is 32.2. The van der Waals surface area contributed by atoms with Crippen LogP contribution in [0.3, 0.4) is 0 Å². The van der Waals surface area contributed by atoms with Gasteiger partial charge in [-0.3, -0.25) is 14.4 Å². The third-order valence-corrected chi connectivity index (χ3v) is 7.28. The number of ether oxygens (including phenoxy) is 5. The van der Waals surface area contributed by atoms with Gasteiger partial charge in [-0.2, -0.15) is 0 Å². The number of aliphatic hydroxyl groups excluding tert-OH is 8. The monoisotopic (exact) mass is 627 g/mol. The molecule has 2 unspecified atom stereocenters. The number of rotatable bonds is 10. The molecular weight excluding hydrogens is 586 g/mol. The van der Waals surface area contributed by atoms with Crippen LogP contribution >= 0.6 is 0 Å². The summed E-state index contributed by atoms with van der Waals surface area (Å²) in [6, 6.07) is -4.19. The summed E-state index contributed by atoms with van der Waals surface area (Å²) in [6.45, 7) is 1.29. The third kappa shape index (κ3) is 8.34. The first kappa shape index (κ1) is 35.4. The first-order valence-corrected chi connectivity index (χ1v) is 13.5. The number of carbonyl (C=O) groups excluding carboxylic acids is 3. The fourth-order valence-electron chi connectivity index (χ4n) is 5.17. The molecule has 0 radical (unpaired) electrons. The molecule has 0 saturated carbocycles. The molecule has 0 aromatic carbocycles. The van der Waals surface area contributed by atoms with E-state index in [2.05, 4.69) is 16.0 Å². The van der Waals surface area contributed by atoms with Gasteiger partial charge in [0.05, 0.1) is 19.8 Å². The molecule has 3 amide bonds. The zero-order valence-electron chi connectivity index (χ0n) is 23.6. The van der Waals surface area contributed by atoms with Gasteiger partial charge in [-0.05, 0) is 0 Å². The van der Waals surface area contributed by atoms with E-state index in [4.69, 9.17) is 23.7 Å². The summed E-state index contributed by atoms with van der Waals surface area (Å²) in [4.78, 5) is 35.4. The summed E-state index contributed by atoms with van der Waals surface area (Å²) in [5.41, 5.74) is 0. The second kappa shape index (κ2) is 15.3. The average Bonchev–Trinajstić information content (AvgIpc) is 2.93. The van der Waals surface area contributed by atoms with Crippen LogP contribution in [0.25, 0.3) is 0 Å². The van der Waals surface area contributed by atoms with Crippen molar-refractivity contribution in [1.82, 2.24) is 16.0 Å². The van der Waals surface area contributed by atoms with Gasteiger partial charge < -0.3 is 80.5 Å². The second-order valence-corrected chi connectivity index (χ2v) is 10.6. The molecule has 0 aromatic heterocycles. The van der Waals surface area contributed by atoms with E-state index in [-0.39, 0.29) is 0 Å². The molecule has 11 N–H and O–H groups in total. The van der Waals surface area contributed by atoms with E-state index >= 15 is 0 Å². The second-order valence-electron chi connectivity index (χ2n) is 10.6. The molecule has 0 spiro atoms. The van der Waals surface area contributed by atoms with Crippen LogP contribution < -0.4 is 16.0 Å². The summed E-state index contributed by atoms with van der Waals surface area (Å²) in [5.74, 6) is -1.92. The van der Waals surface area contributed by atoms with Gasteiger partial charge in [-0.25, -0.2) is 0 Å². The first-order chi connectivity index (χ1) is 20.2.